The third-order valence-electron chi connectivity index (χ3n) is 6.69. The van der Waals surface area contributed by atoms with Gasteiger partial charge < -0.3 is 15.0 Å². The zero-order valence-electron chi connectivity index (χ0n) is 18.9. The lowest BCUT2D eigenvalue weighted by molar-refractivity contribution is 0.0599. The maximum absolute atomic E-state index is 12.9. The normalized spacial score (nSPS) is 24.2. The zero-order valence-corrected chi connectivity index (χ0v) is 18.9. The molecule has 172 valence electrons. The average molecular weight is 438 g/mol. The van der Waals surface area contributed by atoms with E-state index in [0.717, 1.165) is 38.5 Å². The Balaban J connectivity index is 1.32. The highest BCUT2D eigenvalue weighted by Gasteiger charge is 2.30. The molecule has 7 heteroatoms. The number of pyridine rings is 1. The molecule has 2 aromatic rings. The number of imidazole rings is 1. The van der Waals surface area contributed by atoms with Crippen LogP contribution in [0.1, 0.15) is 48.9 Å². The number of likely N-dealkylation sites (tertiary alicyclic amines) is 1. The topological polar surface area (TPSA) is 72.3 Å². The van der Waals surface area contributed by atoms with Crippen LogP contribution in [-0.4, -0.2) is 64.2 Å². The standard InChI is InChI=1S/C25H35N5O2/c1-2-14-32-18-20-6-5-12-29(16-20)17-22-7-3-4-8-23(22)28-25(31)21-9-10-24(27-15-21)30-13-11-26-19-30/h2,9-11,13,15,19-20,22-23H,1,3-8,12,14,16-18H2,(H,28,31)/t20?,22-,23?/m0/s1. The number of hydrogen-bond acceptors (Lipinski definition) is 5. The van der Waals surface area contributed by atoms with Crippen molar-refractivity contribution in [3.8, 4) is 5.82 Å². The summed E-state index contributed by atoms with van der Waals surface area (Å²) in [4.78, 5) is 24.0. The molecular weight excluding hydrogens is 402 g/mol. The van der Waals surface area contributed by atoms with Crippen LogP contribution in [0.25, 0.3) is 5.82 Å². The van der Waals surface area contributed by atoms with Crippen molar-refractivity contribution in [1.29, 1.82) is 0 Å². The van der Waals surface area contributed by atoms with E-state index in [4.69, 9.17) is 4.74 Å². The molecule has 0 radical (unpaired) electrons. The third kappa shape index (κ3) is 6.04. The molecule has 1 saturated carbocycles. The van der Waals surface area contributed by atoms with Gasteiger partial charge in [-0.2, -0.15) is 0 Å². The van der Waals surface area contributed by atoms with Crippen LogP contribution in [0, 0.1) is 11.8 Å². The van der Waals surface area contributed by atoms with Crippen LogP contribution < -0.4 is 5.32 Å². The van der Waals surface area contributed by atoms with Crippen molar-refractivity contribution in [3.05, 3.63) is 55.3 Å². The molecule has 2 unspecified atom stereocenters. The average Bonchev–Trinajstić information content (AvgIpc) is 3.36. The Hall–Kier alpha value is -2.51. The van der Waals surface area contributed by atoms with Crippen molar-refractivity contribution >= 4 is 5.91 Å². The van der Waals surface area contributed by atoms with Crippen LogP contribution in [0.2, 0.25) is 0 Å². The lowest BCUT2D eigenvalue weighted by Gasteiger charge is -2.39. The van der Waals surface area contributed by atoms with Gasteiger partial charge in [0.05, 0.1) is 18.8 Å². The lowest BCUT2D eigenvalue weighted by Crippen LogP contribution is -2.48. The fourth-order valence-electron chi connectivity index (χ4n) is 5.04. The van der Waals surface area contributed by atoms with Crippen LogP contribution in [-0.2, 0) is 4.74 Å². The SMILES string of the molecule is C=CCOCC1CCCN(C[C@@H]2CCCCC2NC(=O)c2ccc(-n3ccnc3)nc2)C1. The van der Waals surface area contributed by atoms with Gasteiger partial charge in [-0.1, -0.05) is 18.9 Å². The summed E-state index contributed by atoms with van der Waals surface area (Å²) < 4.78 is 7.53. The molecular formula is C25H35N5O2. The van der Waals surface area contributed by atoms with E-state index in [1.807, 2.05) is 29.0 Å². The first-order valence-corrected chi connectivity index (χ1v) is 11.9. The second-order valence-electron chi connectivity index (χ2n) is 9.09. The fraction of sp³-hybridized carbons (Fsp3) is 0.560. The summed E-state index contributed by atoms with van der Waals surface area (Å²) in [6, 6.07) is 3.92. The number of carbonyl (C=O) groups excluding carboxylic acids is 1. The summed E-state index contributed by atoms with van der Waals surface area (Å²) >= 11 is 0. The number of piperidine rings is 1. The van der Waals surface area contributed by atoms with Gasteiger partial charge in [0, 0.05) is 37.7 Å². The highest BCUT2D eigenvalue weighted by atomic mass is 16.5. The number of amides is 1. The highest BCUT2D eigenvalue weighted by Crippen LogP contribution is 2.27. The summed E-state index contributed by atoms with van der Waals surface area (Å²) in [7, 11) is 0. The second-order valence-corrected chi connectivity index (χ2v) is 9.09. The number of hydrogen-bond donors (Lipinski definition) is 1. The zero-order chi connectivity index (χ0) is 22.2. The largest absolute Gasteiger partial charge is 0.377 e. The van der Waals surface area contributed by atoms with Gasteiger partial charge in [0.25, 0.3) is 5.91 Å². The van der Waals surface area contributed by atoms with E-state index < -0.39 is 0 Å². The quantitative estimate of drug-likeness (QED) is 0.480. The van der Waals surface area contributed by atoms with Gasteiger partial charge in [-0.15, -0.1) is 6.58 Å². The molecule has 1 amide bonds. The first-order valence-electron chi connectivity index (χ1n) is 11.9. The Bertz CT molecular complexity index is 852. The maximum Gasteiger partial charge on any atom is 0.253 e. The minimum atomic E-state index is -0.0269. The number of carbonyl (C=O) groups is 1. The van der Waals surface area contributed by atoms with Crippen molar-refractivity contribution in [2.75, 3.05) is 32.8 Å². The smallest absolute Gasteiger partial charge is 0.253 e. The molecule has 0 spiro atoms. The van der Waals surface area contributed by atoms with E-state index in [2.05, 4.69) is 26.8 Å². The number of nitrogens with zero attached hydrogens (tertiary/aromatic N) is 4. The van der Waals surface area contributed by atoms with Crippen molar-refractivity contribution in [1.82, 2.24) is 24.8 Å². The molecule has 1 aliphatic heterocycles. The molecule has 2 fully saturated rings. The molecule has 4 rings (SSSR count). The van der Waals surface area contributed by atoms with Crippen molar-refractivity contribution in [3.63, 3.8) is 0 Å². The van der Waals surface area contributed by atoms with Crippen LogP contribution in [0.5, 0.6) is 0 Å². The van der Waals surface area contributed by atoms with Crippen LogP contribution in [0.3, 0.4) is 0 Å². The molecule has 0 bridgehead atoms. The molecule has 1 saturated heterocycles. The molecule has 0 aromatic carbocycles. The molecule has 2 aromatic heterocycles. The Labute approximate surface area is 190 Å². The van der Waals surface area contributed by atoms with Gasteiger partial charge in [0.1, 0.15) is 12.1 Å². The Kier molecular flexibility index (Phi) is 8.07. The van der Waals surface area contributed by atoms with Crippen molar-refractivity contribution < 1.29 is 9.53 Å². The van der Waals surface area contributed by atoms with E-state index in [1.165, 1.54) is 32.1 Å². The van der Waals surface area contributed by atoms with Gasteiger partial charge in [0.2, 0.25) is 0 Å². The number of rotatable bonds is 9. The van der Waals surface area contributed by atoms with Gasteiger partial charge in [0.15, 0.2) is 0 Å². The van der Waals surface area contributed by atoms with Crippen LogP contribution in [0.15, 0.2) is 49.7 Å². The van der Waals surface area contributed by atoms with E-state index >= 15 is 0 Å². The monoisotopic (exact) mass is 437 g/mol. The summed E-state index contributed by atoms with van der Waals surface area (Å²) in [5.74, 6) is 1.83. The Morgan fingerprint density at radius 1 is 1.25 bits per heavy atom. The summed E-state index contributed by atoms with van der Waals surface area (Å²) in [5.41, 5.74) is 0.607. The summed E-state index contributed by atoms with van der Waals surface area (Å²) in [5, 5.41) is 3.32. The van der Waals surface area contributed by atoms with Crippen LogP contribution in [0.4, 0.5) is 0 Å². The minimum absolute atomic E-state index is 0.0269. The lowest BCUT2D eigenvalue weighted by atomic mass is 9.83. The van der Waals surface area contributed by atoms with Gasteiger partial charge in [-0.3, -0.25) is 9.36 Å². The molecule has 1 aliphatic carbocycles. The van der Waals surface area contributed by atoms with Gasteiger partial charge in [-0.05, 0) is 56.2 Å². The van der Waals surface area contributed by atoms with Gasteiger partial charge in [-0.25, -0.2) is 9.97 Å². The molecule has 32 heavy (non-hydrogen) atoms. The number of aromatic nitrogens is 3. The number of nitrogens with one attached hydrogen (secondary N) is 1. The maximum atomic E-state index is 12.9. The minimum Gasteiger partial charge on any atom is -0.377 e. The summed E-state index contributed by atoms with van der Waals surface area (Å²) in [6.07, 6.45) is 15.8. The molecule has 3 atom stereocenters. The Morgan fingerprint density at radius 3 is 2.94 bits per heavy atom. The first-order chi connectivity index (χ1) is 15.7. The molecule has 2 aliphatic rings. The fourth-order valence-corrected chi connectivity index (χ4v) is 5.04. The third-order valence-corrected chi connectivity index (χ3v) is 6.69. The van der Waals surface area contributed by atoms with E-state index in [0.29, 0.717) is 24.0 Å². The summed E-state index contributed by atoms with van der Waals surface area (Å²) in [6.45, 7) is 8.47. The first kappa shape index (κ1) is 22.7. The van der Waals surface area contributed by atoms with E-state index in [-0.39, 0.29) is 11.9 Å². The van der Waals surface area contributed by atoms with Gasteiger partial charge >= 0.3 is 0 Å². The Morgan fingerprint density at radius 2 is 2.16 bits per heavy atom. The predicted octanol–water partition coefficient (Wildman–Crippen LogP) is 3.47. The predicted molar refractivity (Wildman–Crippen MR) is 125 cm³/mol. The van der Waals surface area contributed by atoms with E-state index in [9.17, 15) is 4.79 Å². The van der Waals surface area contributed by atoms with Crippen molar-refractivity contribution in [2.45, 2.75) is 44.6 Å². The van der Waals surface area contributed by atoms with Crippen molar-refractivity contribution in [2.24, 2.45) is 11.8 Å². The number of ether oxygens (including phenoxy) is 1. The molecule has 1 N–H and O–H groups in total. The van der Waals surface area contributed by atoms with Crippen LogP contribution >= 0.6 is 0 Å². The molecule has 7 nitrogen and oxygen atoms in total. The second kappa shape index (κ2) is 11.4. The highest BCUT2D eigenvalue weighted by molar-refractivity contribution is 5.94. The molecule has 3 heterocycles. The van der Waals surface area contributed by atoms with E-state index in [1.54, 1.807) is 18.7 Å².